The Labute approximate surface area is 114 Å². The highest BCUT2D eigenvalue weighted by Gasteiger charge is 2.39. The third-order valence-corrected chi connectivity index (χ3v) is 3.83. The lowest BCUT2D eigenvalue weighted by molar-refractivity contribution is -0.0705. The first-order chi connectivity index (χ1) is 9.21. The number of rotatable bonds is 7. The molecule has 0 atom stereocenters. The van der Waals surface area contributed by atoms with Crippen molar-refractivity contribution >= 4 is 5.78 Å². The molecule has 1 fully saturated rings. The SMILES string of the molecule is CCCOc1ccccc1C(=O)CC1(OC)CCC1. The van der Waals surface area contributed by atoms with E-state index in [1.807, 2.05) is 24.3 Å². The molecule has 0 spiro atoms. The molecular formula is C16H22O3. The van der Waals surface area contributed by atoms with E-state index < -0.39 is 0 Å². The van der Waals surface area contributed by atoms with E-state index in [4.69, 9.17) is 9.47 Å². The maximum atomic E-state index is 12.4. The minimum absolute atomic E-state index is 0.119. The van der Waals surface area contributed by atoms with Gasteiger partial charge in [0.05, 0.1) is 17.8 Å². The minimum atomic E-state index is -0.227. The van der Waals surface area contributed by atoms with Crippen molar-refractivity contribution in [3.8, 4) is 5.75 Å². The third-order valence-electron chi connectivity index (χ3n) is 3.83. The van der Waals surface area contributed by atoms with Gasteiger partial charge in [-0.05, 0) is 37.8 Å². The van der Waals surface area contributed by atoms with Gasteiger partial charge in [-0.25, -0.2) is 0 Å². The van der Waals surface area contributed by atoms with E-state index in [0.717, 1.165) is 25.7 Å². The summed E-state index contributed by atoms with van der Waals surface area (Å²) in [4.78, 5) is 12.4. The molecule has 0 radical (unpaired) electrons. The molecule has 0 aromatic heterocycles. The van der Waals surface area contributed by atoms with Crippen molar-refractivity contribution in [3.05, 3.63) is 29.8 Å². The zero-order chi connectivity index (χ0) is 13.7. The molecule has 1 aliphatic carbocycles. The van der Waals surface area contributed by atoms with E-state index in [1.54, 1.807) is 7.11 Å². The van der Waals surface area contributed by atoms with E-state index in [-0.39, 0.29) is 11.4 Å². The van der Waals surface area contributed by atoms with Crippen LogP contribution in [0.2, 0.25) is 0 Å². The van der Waals surface area contributed by atoms with Crippen LogP contribution in [0.1, 0.15) is 49.4 Å². The molecule has 19 heavy (non-hydrogen) atoms. The zero-order valence-electron chi connectivity index (χ0n) is 11.8. The summed E-state index contributed by atoms with van der Waals surface area (Å²) in [5.41, 5.74) is 0.453. The van der Waals surface area contributed by atoms with Crippen LogP contribution in [0.25, 0.3) is 0 Å². The quantitative estimate of drug-likeness (QED) is 0.704. The first-order valence-corrected chi connectivity index (χ1v) is 7.01. The Morgan fingerprint density at radius 3 is 2.63 bits per heavy atom. The second kappa shape index (κ2) is 6.20. The third kappa shape index (κ3) is 3.16. The predicted molar refractivity (Wildman–Crippen MR) is 74.8 cm³/mol. The van der Waals surface area contributed by atoms with Gasteiger partial charge in [0, 0.05) is 13.5 Å². The maximum Gasteiger partial charge on any atom is 0.169 e. The van der Waals surface area contributed by atoms with Crippen molar-refractivity contribution in [1.29, 1.82) is 0 Å². The van der Waals surface area contributed by atoms with Gasteiger partial charge in [-0.3, -0.25) is 4.79 Å². The fraction of sp³-hybridized carbons (Fsp3) is 0.562. The number of benzene rings is 1. The lowest BCUT2D eigenvalue weighted by Gasteiger charge is -2.40. The van der Waals surface area contributed by atoms with Crippen LogP contribution >= 0.6 is 0 Å². The molecular weight excluding hydrogens is 240 g/mol. The molecule has 0 N–H and O–H groups in total. The van der Waals surface area contributed by atoms with Crippen LogP contribution in [0.3, 0.4) is 0 Å². The van der Waals surface area contributed by atoms with Crippen LogP contribution in [-0.4, -0.2) is 25.1 Å². The Kier molecular flexibility index (Phi) is 4.59. The van der Waals surface area contributed by atoms with Gasteiger partial charge < -0.3 is 9.47 Å². The van der Waals surface area contributed by atoms with Crippen molar-refractivity contribution in [1.82, 2.24) is 0 Å². The number of hydrogen-bond donors (Lipinski definition) is 0. The average molecular weight is 262 g/mol. The summed E-state index contributed by atoms with van der Waals surface area (Å²) in [6, 6.07) is 7.49. The van der Waals surface area contributed by atoms with Gasteiger partial charge in [-0.2, -0.15) is 0 Å². The summed E-state index contributed by atoms with van der Waals surface area (Å²) in [5.74, 6) is 0.813. The van der Waals surface area contributed by atoms with Gasteiger partial charge in [-0.15, -0.1) is 0 Å². The molecule has 2 rings (SSSR count). The van der Waals surface area contributed by atoms with E-state index in [1.165, 1.54) is 0 Å². The summed E-state index contributed by atoms with van der Waals surface area (Å²) in [6.07, 6.45) is 4.50. The van der Waals surface area contributed by atoms with Crippen LogP contribution in [0.15, 0.2) is 24.3 Å². The summed E-state index contributed by atoms with van der Waals surface area (Å²) in [5, 5.41) is 0. The normalized spacial score (nSPS) is 16.7. The standard InChI is InChI=1S/C16H22O3/c1-3-11-19-15-8-5-4-7-13(15)14(17)12-16(18-2)9-6-10-16/h4-5,7-8H,3,6,9-12H2,1-2H3. The summed E-state index contributed by atoms with van der Waals surface area (Å²) < 4.78 is 11.2. The lowest BCUT2D eigenvalue weighted by Crippen LogP contribution is -2.41. The number of ketones is 1. The molecule has 0 amide bonds. The van der Waals surface area contributed by atoms with Crippen molar-refractivity contribution in [3.63, 3.8) is 0 Å². The smallest absolute Gasteiger partial charge is 0.169 e. The molecule has 104 valence electrons. The average Bonchev–Trinajstić information content (AvgIpc) is 2.40. The Morgan fingerprint density at radius 1 is 1.32 bits per heavy atom. The predicted octanol–water partition coefficient (Wildman–Crippen LogP) is 3.62. The van der Waals surface area contributed by atoms with Crippen molar-refractivity contribution in [2.75, 3.05) is 13.7 Å². The van der Waals surface area contributed by atoms with E-state index >= 15 is 0 Å². The second-order valence-corrected chi connectivity index (χ2v) is 5.19. The molecule has 0 unspecified atom stereocenters. The number of hydrogen-bond acceptors (Lipinski definition) is 3. The first kappa shape index (κ1) is 14.1. The first-order valence-electron chi connectivity index (χ1n) is 7.01. The number of carbonyl (C=O) groups is 1. The molecule has 3 nitrogen and oxygen atoms in total. The number of Topliss-reactive ketones (excluding diaryl/α,β-unsaturated/α-hetero) is 1. The number of carbonyl (C=O) groups excluding carboxylic acids is 1. The molecule has 1 saturated carbocycles. The fourth-order valence-electron chi connectivity index (χ4n) is 2.45. The van der Waals surface area contributed by atoms with Gasteiger partial charge in [-0.1, -0.05) is 19.1 Å². The Balaban J connectivity index is 2.10. The van der Waals surface area contributed by atoms with Crippen molar-refractivity contribution < 1.29 is 14.3 Å². The Morgan fingerprint density at radius 2 is 2.05 bits per heavy atom. The number of methoxy groups -OCH3 is 1. The molecule has 1 aromatic rings. The molecule has 3 heteroatoms. The summed E-state index contributed by atoms with van der Waals surface area (Å²) >= 11 is 0. The maximum absolute atomic E-state index is 12.4. The lowest BCUT2D eigenvalue weighted by atomic mass is 9.75. The van der Waals surface area contributed by atoms with Gasteiger partial charge in [0.15, 0.2) is 5.78 Å². The molecule has 1 aliphatic rings. The van der Waals surface area contributed by atoms with Crippen LogP contribution in [0.5, 0.6) is 5.75 Å². The zero-order valence-corrected chi connectivity index (χ0v) is 11.8. The van der Waals surface area contributed by atoms with Crippen LogP contribution in [-0.2, 0) is 4.74 Å². The highest BCUT2D eigenvalue weighted by Crippen LogP contribution is 2.39. The van der Waals surface area contributed by atoms with Crippen LogP contribution in [0, 0.1) is 0 Å². The van der Waals surface area contributed by atoms with Crippen LogP contribution in [0.4, 0.5) is 0 Å². The van der Waals surface area contributed by atoms with Gasteiger partial charge in [0.25, 0.3) is 0 Å². The topological polar surface area (TPSA) is 35.5 Å². The molecule has 0 bridgehead atoms. The van der Waals surface area contributed by atoms with Crippen molar-refractivity contribution in [2.24, 2.45) is 0 Å². The molecule has 0 saturated heterocycles. The van der Waals surface area contributed by atoms with E-state index in [2.05, 4.69) is 6.92 Å². The van der Waals surface area contributed by atoms with Crippen molar-refractivity contribution in [2.45, 2.75) is 44.6 Å². The van der Waals surface area contributed by atoms with E-state index in [9.17, 15) is 4.79 Å². The minimum Gasteiger partial charge on any atom is -0.493 e. The van der Waals surface area contributed by atoms with Crippen LogP contribution < -0.4 is 4.74 Å². The highest BCUT2D eigenvalue weighted by molar-refractivity contribution is 5.99. The van der Waals surface area contributed by atoms with Gasteiger partial charge >= 0.3 is 0 Å². The summed E-state index contributed by atoms with van der Waals surface area (Å²) in [7, 11) is 1.70. The second-order valence-electron chi connectivity index (χ2n) is 5.19. The summed E-state index contributed by atoms with van der Waals surface area (Å²) in [6.45, 7) is 2.69. The fourth-order valence-corrected chi connectivity index (χ4v) is 2.45. The molecule has 1 aromatic carbocycles. The monoisotopic (exact) mass is 262 g/mol. The highest BCUT2D eigenvalue weighted by atomic mass is 16.5. The Bertz CT molecular complexity index is 430. The molecule has 0 aliphatic heterocycles. The van der Waals surface area contributed by atoms with Gasteiger partial charge in [0.2, 0.25) is 0 Å². The van der Waals surface area contributed by atoms with Gasteiger partial charge in [0.1, 0.15) is 5.75 Å². The molecule has 0 heterocycles. The largest absolute Gasteiger partial charge is 0.493 e. The Hall–Kier alpha value is -1.35. The van der Waals surface area contributed by atoms with E-state index in [0.29, 0.717) is 24.3 Å². The number of para-hydroxylation sites is 1. The number of ether oxygens (including phenoxy) is 2.